The van der Waals surface area contributed by atoms with Gasteiger partial charge in [0, 0.05) is 17.2 Å². The molecule has 7 N–H and O–H groups in total. The van der Waals surface area contributed by atoms with Crippen LogP contribution in [-0.2, 0) is 20.9 Å². The van der Waals surface area contributed by atoms with Crippen LogP contribution in [-0.4, -0.2) is 66.3 Å². The van der Waals surface area contributed by atoms with Crippen molar-refractivity contribution in [3.8, 4) is 11.1 Å². The number of fused-ring (bicyclic) bond motifs is 7. The minimum atomic E-state index is -1.17. The first-order valence-corrected chi connectivity index (χ1v) is 17.1. The Labute approximate surface area is 295 Å². The summed E-state index contributed by atoms with van der Waals surface area (Å²) in [6.45, 7) is 0.615. The third kappa shape index (κ3) is 6.83. The van der Waals surface area contributed by atoms with E-state index in [-0.39, 0.29) is 31.5 Å². The van der Waals surface area contributed by atoms with Crippen LogP contribution in [0.15, 0.2) is 96.0 Å². The summed E-state index contributed by atoms with van der Waals surface area (Å²) in [4.78, 5) is 59.1. The smallest absolute Gasteiger partial charge is 0.407 e. The second kappa shape index (κ2) is 14.6. The molecule has 0 saturated heterocycles. The van der Waals surface area contributed by atoms with E-state index in [2.05, 4.69) is 28.1 Å². The monoisotopic (exact) mass is 685 g/mol. The number of nitrogens with one attached hydrogen (secondary N) is 3. The predicted octanol–water partition coefficient (Wildman–Crippen LogP) is 4.15. The van der Waals surface area contributed by atoms with Crippen LogP contribution >= 0.6 is 0 Å². The summed E-state index contributed by atoms with van der Waals surface area (Å²) in [7, 11) is 0. The van der Waals surface area contributed by atoms with Gasteiger partial charge in [0.1, 0.15) is 18.5 Å². The summed E-state index contributed by atoms with van der Waals surface area (Å²) >= 11 is 0. The van der Waals surface area contributed by atoms with Crippen LogP contribution in [0, 0.1) is 0 Å². The average molecular weight is 686 g/mol. The van der Waals surface area contributed by atoms with Crippen LogP contribution in [0.25, 0.3) is 11.1 Å². The van der Waals surface area contributed by atoms with Crippen molar-refractivity contribution >= 4 is 41.0 Å². The van der Waals surface area contributed by atoms with Gasteiger partial charge in [-0.3, -0.25) is 19.3 Å². The highest BCUT2D eigenvalue weighted by atomic mass is 16.5. The molecule has 12 heteroatoms. The van der Waals surface area contributed by atoms with Gasteiger partial charge in [-0.2, -0.15) is 0 Å². The molecule has 2 heterocycles. The van der Waals surface area contributed by atoms with Crippen molar-refractivity contribution in [2.45, 2.75) is 43.8 Å². The molecule has 0 spiro atoms. The van der Waals surface area contributed by atoms with Crippen molar-refractivity contribution < 1.29 is 23.9 Å². The number of amidine groups is 1. The van der Waals surface area contributed by atoms with E-state index in [9.17, 15) is 19.2 Å². The molecular weight excluding hydrogens is 646 g/mol. The summed E-state index contributed by atoms with van der Waals surface area (Å²) in [5, 5.41) is 8.19. The highest BCUT2D eigenvalue weighted by Gasteiger charge is 2.36. The number of aliphatic imine (C=N–C) groups is 1. The van der Waals surface area contributed by atoms with Crippen LogP contribution in [0.3, 0.4) is 0 Å². The van der Waals surface area contributed by atoms with Gasteiger partial charge in [0.05, 0.1) is 30.4 Å². The summed E-state index contributed by atoms with van der Waals surface area (Å²) in [6, 6.07) is 26.6. The second-order valence-electron chi connectivity index (χ2n) is 12.9. The molecule has 0 saturated carbocycles. The highest BCUT2D eigenvalue weighted by molar-refractivity contribution is 6.24. The third-order valence-electron chi connectivity index (χ3n) is 9.53. The Morgan fingerprint density at radius 1 is 0.863 bits per heavy atom. The number of nitrogens with zero attached hydrogens (tertiary/aromatic N) is 2. The first-order valence-electron chi connectivity index (χ1n) is 17.1. The van der Waals surface area contributed by atoms with Gasteiger partial charge in [0.25, 0.3) is 5.91 Å². The third-order valence-corrected chi connectivity index (χ3v) is 9.53. The number of ether oxygens (including phenoxy) is 1. The number of benzene rings is 4. The number of amides is 4. The lowest BCUT2D eigenvalue weighted by atomic mass is 9.98. The molecule has 0 aromatic heterocycles. The standard InChI is InChI=1S/C39H39N7O5/c40-18-8-7-15-32(41)36(47)45-34(20-42-39(50)51-22-31-27-11-3-1-9-25(27)26-10-2-4-12-28(26)31)37(48)43-24-16-17-33-23(19-24)21-46-35(44-33)29-13-5-6-14-30(29)38(46)49/h1-6,9-14,16-17,19,31-32,34H,7-8,15,18,20-22,40-41H2,(H,42,50)(H,43,48)(H,45,47)/t32-,34-/m0/s1. The van der Waals surface area contributed by atoms with Gasteiger partial charge >= 0.3 is 6.09 Å². The molecular formula is C39H39N7O5. The molecule has 51 heavy (non-hydrogen) atoms. The summed E-state index contributed by atoms with van der Waals surface area (Å²) < 4.78 is 5.66. The van der Waals surface area contributed by atoms with E-state index in [1.165, 1.54) is 0 Å². The lowest BCUT2D eigenvalue weighted by Crippen LogP contribution is -2.54. The predicted molar refractivity (Wildman–Crippen MR) is 193 cm³/mol. The van der Waals surface area contributed by atoms with Crippen molar-refractivity contribution in [2.75, 3.05) is 25.0 Å². The molecule has 2 aliphatic heterocycles. The molecule has 0 unspecified atom stereocenters. The van der Waals surface area contributed by atoms with Crippen LogP contribution in [0.1, 0.15) is 57.8 Å². The van der Waals surface area contributed by atoms with Gasteiger partial charge in [0.15, 0.2) is 0 Å². The van der Waals surface area contributed by atoms with Gasteiger partial charge in [-0.05, 0) is 71.5 Å². The lowest BCUT2D eigenvalue weighted by molar-refractivity contribution is -0.127. The normalized spacial score (nSPS) is 15.0. The van der Waals surface area contributed by atoms with E-state index < -0.39 is 30.0 Å². The molecule has 1 aliphatic carbocycles. The van der Waals surface area contributed by atoms with E-state index in [1.807, 2.05) is 54.6 Å². The Morgan fingerprint density at radius 2 is 1.53 bits per heavy atom. The van der Waals surface area contributed by atoms with Crippen molar-refractivity contribution in [3.63, 3.8) is 0 Å². The number of anilines is 1. The minimum Gasteiger partial charge on any atom is -0.449 e. The Bertz CT molecular complexity index is 2000. The topological polar surface area (TPSA) is 181 Å². The maximum atomic E-state index is 13.7. The van der Waals surface area contributed by atoms with Crippen molar-refractivity contribution in [2.24, 2.45) is 16.5 Å². The molecule has 0 fully saturated rings. The number of carbonyl (C=O) groups excluding carboxylic acids is 4. The molecule has 0 bridgehead atoms. The van der Waals surface area contributed by atoms with E-state index in [4.69, 9.17) is 21.2 Å². The highest BCUT2D eigenvalue weighted by Crippen LogP contribution is 2.44. The van der Waals surface area contributed by atoms with Gasteiger partial charge in [-0.1, -0.05) is 73.2 Å². The molecule has 7 rings (SSSR count). The number of hydrogen-bond acceptors (Lipinski definition) is 8. The molecule has 260 valence electrons. The SMILES string of the molecule is NCCCC[C@H](N)C(=O)N[C@@H](CNC(=O)OCC1c2ccccc2-c2ccccc21)C(=O)Nc1ccc2c(c1)CN1C(=O)c3ccccc3C1=N2. The summed E-state index contributed by atoms with van der Waals surface area (Å²) in [6.07, 6.45) is 1.04. The Hall–Kier alpha value is -5.85. The molecule has 4 amide bonds. The van der Waals surface area contributed by atoms with Crippen molar-refractivity contribution in [3.05, 3.63) is 119 Å². The quantitative estimate of drug-likeness (QED) is 0.139. The molecule has 0 radical (unpaired) electrons. The molecule has 4 aromatic rings. The Kier molecular flexibility index (Phi) is 9.60. The molecule has 3 aliphatic rings. The van der Waals surface area contributed by atoms with Crippen LogP contribution in [0.5, 0.6) is 0 Å². The zero-order chi connectivity index (χ0) is 35.5. The zero-order valence-electron chi connectivity index (χ0n) is 27.9. The van der Waals surface area contributed by atoms with E-state index in [0.717, 1.165) is 33.4 Å². The summed E-state index contributed by atoms with van der Waals surface area (Å²) in [5.41, 5.74) is 19.3. The first kappa shape index (κ1) is 33.6. The Balaban J connectivity index is 1.02. The molecule has 4 aromatic carbocycles. The zero-order valence-corrected chi connectivity index (χ0v) is 27.9. The number of rotatable bonds is 12. The van der Waals surface area contributed by atoms with Crippen LogP contribution in [0.4, 0.5) is 16.2 Å². The average Bonchev–Trinajstić information content (AvgIpc) is 3.62. The molecule has 12 nitrogen and oxygen atoms in total. The lowest BCUT2D eigenvalue weighted by Gasteiger charge is -2.24. The fraction of sp³-hybridized carbons (Fsp3) is 0.256. The first-order chi connectivity index (χ1) is 24.8. The van der Waals surface area contributed by atoms with Crippen LogP contribution in [0.2, 0.25) is 0 Å². The number of nitrogens with two attached hydrogens (primary N) is 2. The number of unbranched alkanes of at least 4 members (excludes halogenated alkanes) is 1. The van der Waals surface area contributed by atoms with Crippen molar-refractivity contribution in [1.82, 2.24) is 15.5 Å². The van der Waals surface area contributed by atoms with Gasteiger partial charge < -0.3 is 32.2 Å². The van der Waals surface area contributed by atoms with Gasteiger partial charge in [-0.25, -0.2) is 9.79 Å². The summed E-state index contributed by atoms with van der Waals surface area (Å²) in [5.74, 6) is -0.760. The number of alkyl carbamates (subject to hydrolysis) is 1. The van der Waals surface area contributed by atoms with E-state index >= 15 is 0 Å². The number of hydrogen-bond donors (Lipinski definition) is 5. The second-order valence-corrected chi connectivity index (χ2v) is 12.9. The maximum Gasteiger partial charge on any atom is 0.407 e. The van der Waals surface area contributed by atoms with Crippen LogP contribution < -0.4 is 27.4 Å². The van der Waals surface area contributed by atoms with E-state index in [0.29, 0.717) is 48.6 Å². The minimum absolute atomic E-state index is 0.0963. The fourth-order valence-electron chi connectivity index (χ4n) is 6.89. The number of carbonyl (C=O) groups is 4. The Morgan fingerprint density at radius 3 is 2.24 bits per heavy atom. The van der Waals surface area contributed by atoms with Gasteiger partial charge in [0.2, 0.25) is 11.8 Å². The fourth-order valence-corrected chi connectivity index (χ4v) is 6.89. The van der Waals surface area contributed by atoms with Gasteiger partial charge in [-0.15, -0.1) is 0 Å². The van der Waals surface area contributed by atoms with E-state index in [1.54, 1.807) is 29.2 Å². The molecule has 2 atom stereocenters. The largest absolute Gasteiger partial charge is 0.449 e. The van der Waals surface area contributed by atoms with Crippen molar-refractivity contribution in [1.29, 1.82) is 0 Å². The maximum absolute atomic E-state index is 13.7.